The number of methoxy groups -OCH3 is 1. The highest BCUT2D eigenvalue weighted by Gasteiger charge is 2.14. The molecule has 1 N–H and O–H groups in total. The van der Waals surface area contributed by atoms with Crippen molar-refractivity contribution in [2.45, 2.75) is 12.8 Å². The lowest BCUT2D eigenvalue weighted by Gasteiger charge is -2.06. The van der Waals surface area contributed by atoms with Crippen molar-refractivity contribution in [1.29, 1.82) is 0 Å². The Morgan fingerprint density at radius 1 is 1.22 bits per heavy atom. The molecule has 0 aromatic heterocycles. The van der Waals surface area contributed by atoms with Gasteiger partial charge in [-0.25, -0.2) is 13.2 Å². The summed E-state index contributed by atoms with van der Waals surface area (Å²) in [4.78, 5) is 11.5. The molecule has 0 spiro atoms. The van der Waals surface area contributed by atoms with Crippen LogP contribution in [0.1, 0.15) is 23.2 Å². The zero-order valence-electron chi connectivity index (χ0n) is 9.93. The van der Waals surface area contributed by atoms with Crippen molar-refractivity contribution < 1.29 is 22.7 Å². The topological polar surface area (TPSA) is 38.3 Å². The zero-order chi connectivity index (χ0) is 13.5. The van der Waals surface area contributed by atoms with Gasteiger partial charge in [0.25, 0.3) is 5.91 Å². The van der Waals surface area contributed by atoms with Crippen LogP contribution in [0, 0.1) is 17.5 Å². The summed E-state index contributed by atoms with van der Waals surface area (Å²) in [6.45, 7) is 0.943. The highest BCUT2D eigenvalue weighted by molar-refractivity contribution is 5.94. The molecule has 0 aliphatic carbocycles. The van der Waals surface area contributed by atoms with Gasteiger partial charge in [-0.05, 0) is 25.0 Å². The number of hydrogen-bond acceptors (Lipinski definition) is 2. The summed E-state index contributed by atoms with van der Waals surface area (Å²) in [5.74, 6) is -4.96. The molecule has 3 nitrogen and oxygen atoms in total. The molecular weight excluding hydrogens is 247 g/mol. The van der Waals surface area contributed by atoms with Crippen LogP contribution in [0.4, 0.5) is 13.2 Å². The van der Waals surface area contributed by atoms with Gasteiger partial charge in [0, 0.05) is 25.8 Å². The number of nitrogens with one attached hydrogen (secondary N) is 1. The Morgan fingerprint density at radius 3 is 2.39 bits per heavy atom. The van der Waals surface area contributed by atoms with Crippen LogP contribution in [0.2, 0.25) is 0 Å². The molecule has 0 bridgehead atoms. The second-order valence-electron chi connectivity index (χ2n) is 3.71. The van der Waals surface area contributed by atoms with Gasteiger partial charge in [0.15, 0.2) is 17.5 Å². The van der Waals surface area contributed by atoms with Crippen LogP contribution in [0.25, 0.3) is 0 Å². The molecule has 0 saturated carbocycles. The first kappa shape index (κ1) is 14.5. The van der Waals surface area contributed by atoms with Crippen LogP contribution in [0.15, 0.2) is 12.1 Å². The van der Waals surface area contributed by atoms with Gasteiger partial charge in [-0.1, -0.05) is 0 Å². The van der Waals surface area contributed by atoms with Crippen molar-refractivity contribution in [3.63, 3.8) is 0 Å². The average molecular weight is 261 g/mol. The molecular formula is C12H14F3NO2. The summed E-state index contributed by atoms with van der Waals surface area (Å²) >= 11 is 0. The molecule has 1 aromatic rings. The summed E-state index contributed by atoms with van der Waals surface area (Å²) in [5, 5.41) is 2.48. The number of unbranched alkanes of at least 4 members (excludes halogenated alkanes) is 1. The van der Waals surface area contributed by atoms with E-state index in [0.29, 0.717) is 31.7 Å². The van der Waals surface area contributed by atoms with Crippen LogP contribution >= 0.6 is 0 Å². The number of carbonyl (C=O) groups is 1. The molecule has 0 fully saturated rings. The monoisotopic (exact) mass is 261 g/mol. The van der Waals surface area contributed by atoms with Gasteiger partial charge in [-0.2, -0.15) is 0 Å². The number of amides is 1. The number of hydrogen-bond donors (Lipinski definition) is 1. The molecule has 6 heteroatoms. The predicted octanol–water partition coefficient (Wildman–Crippen LogP) is 2.26. The Balaban J connectivity index is 2.52. The van der Waals surface area contributed by atoms with Gasteiger partial charge < -0.3 is 10.1 Å². The van der Waals surface area contributed by atoms with Gasteiger partial charge in [0.05, 0.1) is 0 Å². The summed E-state index contributed by atoms with van der Waals surface area (Å²) in [6, 6.07) is 1.34. The smallest absolute Gasteiger partial charge is 0.251 e. The normalized spacial score (nSPS) is 10.4. The molecule has 0 saturated heterocycles. The molecule has 0 heterocycles. The van der Waals surface area contributed by atoms with Gasteiger partial charge in [-0.3, -0.25) is 4.79 Å². The van der Waals surface area contributed by atoms with Crippen molar-refractivity contribution in [2.75, 3.05) is 20.3 Å². The van der Waals surface area contributed by atoms with Crippen molar-refractivity contribution >= 4 is 5.91 Å². The largest absolute Gasteiger partial charge is 0.385 e. The SMILES string of the molecule is COCCCCNC(=O)c1cc(F)c(F)c(F)c1. The summed E-state index contributed by atoms with van der Waals surface area (Å²) in [6.07, 6.45) is 1.45. The summed E-state index contributed by atoms with van der Waals surface area (Å²) in [5.41, 5.74) is -0.238. The Labute approximate surface area is 103 Å². The number of carbonyl (C=O) groups excluding carboxylic acids is 1. The van der Waals surface area contributed by atoms with E-state index in [1.165, 1.54) is 0 Å². The highest BCUT2D eigenvalue weighted by atomic mass is 19.2. The maximum Gasteiger partial charge on any atom is 0.251 e. The van der Waals surface area contributed by atoms with Gasteiger partial charge in [0.2, 0.25) is 0 Å². The Kier molecular flexibility index (Phi) is 5.64. The molecule has 0 aliphatic rings. The van der Waals surface area contributed by atoms with E-state index < -0.39 is 23.4 Å². The third-order valence-corrected chi connectivity index (χ3v) is 2.31. The minimum Gasteiger partial charge on any atom is -0.385 e. The Hall–Kier alpha value is -1.56. The van der Waals surface area contributed by atoms with Crippen molar-refractivity contribution in [3.05, 3.63) is 35.1 Å². The first-order valence-corrected chi connectivity index (χ1v) is 5.48. The van der Waals surface area contributed by atoms with Crippen LogP contribution < -0.4 is 5.32 Å². The van der Waals surface area contributed by atoms with Gasteiger partial charge >= 0.3 is 0 Å². The maximum absolute atomic E-state index is 12.9. The van der Waals surface area contributed by atoms with E-state index in [-0.39, 0.29) is 5.56 Å². The van der Waals surface area contributed by atoms with Crippen LogP contribution in [-0.2, 0) is 4.74 Å². The summed E-state index contributed by atoms with van der Waals surface area (Å²) < 4.78 is 43.2. The number of benzene rings is 1. The minimum atomic E-state index is -1.58. The molecule has 0 unspecified atom stereocenters. The molecule has 0 atom stereocenters. The second kappa shape index (κ2) is 7.00. The lowest BCUT2D eigenvalue weighted by Crippen LogP contribution is -2.25. The minimum absolute atomic E-state index is 0.238. The van der Waals surface area contributed by atoms with Crippen LogP contribution in [-0.4, -0.2) is 26.2 Å². The fraction of sp³-hybridized carbons (Fsp3) is 0.417. The third kappa shape index (κ3) is 4.03. The van der Waals surface area contributed by atoms with E-state index in [1.807, 2.05) is 0 Å². The summed E-state index contributed by atoms with van der Waals surface area (Å²) in [7, 11) is 1.57. The third-order valence-electron chi connectivity index (χ3n) is 2.31. The van der Waals surface area contributed by atoms with Crippen molar-refractivity contribution in [3.8, 4) is 0 Å². The van der Waals surface area contributed by atoms with Gasteiger partial charge in [-0.15, -0.1) is 0 Å². The quantitative estimate of drug-likeness (QED) is 0.630. The maximum atomic E-state index is 12.9. The first-order valence-electron chi connectivity index (χ1n) is 5.48. The van der Waals surface area contributed by atoms with Crippen molar-refractivity contribution in [2.24, 2.45) is 0 Å². The number of halogens is 3. The van der Waals surface area contributed by atoms with Crippen LogP contribution in [0.5, 0.6) is 0 Å². The fourth-order valence-corrected chi connectivity index (χ4v) is 1.36. The van der Waals surface area contributed by atoms with E-state index in [2.05, 4.69) is 5.32 Å². The van der Waals surface area contributed by atoms with Crippen molar-refractivity contribution in [1.82, 2.24) is 5.32 Å². The molecule has 0 radical (unpaired) electrons. The van der Waals surface area contributed by atoms with Crippen LogP contribution in [0.3, 0.4) is 0 Å². The molecule has 18 heavy (non-hydrogen) atoms. The molecule has 1 amide bonds. The number of rotatable bonds is 6. The fourth-order valence-electron chi connectivity index (χ4n) is 1.36. The van der Waals surface area contributed by atoms with E-state index in [4.69, 9.17) is 4.74 Å². The highest BCUT2D eigenvalue weighted by Crippen LogP contribution is 2.13. The average Bonchev–Trinajstić information content (AvgIpc) is 2.34. The van der Waals surface area contributed by atoms with E-state index >= 15 is 0 Å². The van der Waals surface area contributed by atoms with Gasteiger partial charge in [0.1, 0.15) is 0 Å². The standard InChI is InChI=1S/C12H14F3NO2/c1-18-5-3-2-4-16-12(17)8-6-9(13)11(15)10(14)7-8/h6-7H,2-5H2,1H3,(H,16,17). The predicted molar refractivity (Wildman–Crippen MR) is 59.8 cm³/mol. The first-order chi connectivity index (χ1) is 8.56. The molecule has 100 valence electrons. The van der Waals surface area contributed by atoms with E-state index in [0.717, 1.165) is 6.42 Å². The second-order valence-corrected chi connectivity index (χ2v) is 3.71. The zero-order valence-corrected chi connectivity index (χ0v) is 9.93. The molecule has 1 aromatic carbocycles. The van der Waals surface area contributed by atoms with E-state index in [1.54, 1.807) is 7.11 Å². The molecule has 1 rings (SSSR count). The molecule has 0 aliphatic heterocycles. The Bertz CT molecular complexity index is 401. The van der Waals surface area contributed by atoms with E-state index in [9.17, 15) is 18.0 Å². The Morgan fingerprint density at radius 2 is 1.83 bits per heavy atom. The lowest BCUT2D eigenvalue weighted by molar-refractivity contribution is 0.0950. The lowest BCUT2D eigenvalue weighted by atomic mass is 10.2. The number of ether oxygens (including phenoxy) is 1.